The van der Waals surface area contributed by atoms with Crippen molar-refractivity contribution in [1.82, 2.24) is 14.8 Å². The molecule has 0 saturated carbocycles. The molecule has 6 rings (SSSR count). The third-order valence-electron chi connectivity index (χ3n) is 8.75. The average Bonchev–Trinajstić information content (AvgIpc) is 3.02. The van der Waals surface area contributed by atoms with E-state index in [1.54, 1.807) is 30.0 Å². The van der Waals surface area contributed by atoms with Crippen LogP contribution in [0.1, 0.15) is 46.3 Å². The number of alkyl halides is 4. The van der Waals surface area contributed by atoms with Crippen molar-refractivity contribution in [2.24, 2.45) is 0 Å². The lowest BCUT2D eigenvalue weighted by molar-refractivity contribution is -0.139. The number of likely N-dealkylation sites (tertiary alicyclic amines) is 1. The van der Waals surface area contributed by atoms with E-state index in [4.69, 9.17) is 16.3 Å². The summed E-state index contributed by atoms with van der Waals surface area (Å²) in [5.74, 6) is -4.66. The maximum Gasteiger partial charge on any atom is 0.416 e. The molecular formula is C35H28ClF6N3O5. The number of benzene rings is 3. The number of carbonyl (C=O) groups is 2. The predicted octanol–water partition coefficient (Wildman–Crippen LogP) is 7.00. The molecule has 262 valence electrons. The number of carboxylic acid groups (broad SMARTS) is 1. The molecular weight excluding hydrogens is 692 g/mol. The Kier molecular flexibility index (Phi) is 9.44. The van der Waals surface area contributed by atoms with Crippen molar-refractivity contribution in [2.45, 2.75) is 44.2 Å². The summed E-state index contributed by atoms with van der Waals surface area (Å²) in [6.45, 7) is 1.75. The van der Waals surface area contributed by atoms with Gasteiger partial charge in [0.2, 0.25) is 5.91 Å². The minimum atomic E-state index is -4.99. The molecule has 0 aliphatic carbocycles. The van der Waals surface area contributed by atoms with Crippen LogP contribution in [0.4, 0.5) is 26.3 Å². The molecule has 2 N–H and O–H groups in total. The predicted molar refractivity (Wildman–Crippen MR) is 170 cm³/mol. The number of amides is 1. The molecule has 50 heavy (non-hydrogen) atoms. The Labute approximate surface area is 285 Å². The number of nitrogens with one attached hydrogen (secondary N) is 1. The smallest absolute Gasteiger partial charge is 0.416 e. The number of halogens is 7. The Morgan fingerprint density at radius 2 is 1.80 bits per heavy atom. The van der Waals surface area contributed by atoms with Gasteiger partial charge in [0.25, 0.3) is 5.56 Å². The fourth-order valence-electron chi connectivity index (χ4n) is 6.33. The second kappa shape index (κ2) is 13.5. The van der Waals surface area contributed by atoms with Crippen LogP contribution in [0.25, 0.3) is 11.1 Å². The van der Waals surface area contributed by atoms with Crippen LogP contribution in [0.5, 0.6) is 11.5 Å². The van der Waals surface area contributed by atoms with Crippen LogP contribution in [0.2, 0.25) is 5.02 Å². The lowest BCUT2D eigenvalue weighted by Crippen LogP contribution is -2.49. The van der Waals surface area contributed by atoms with E-state index in [1.165, 1.54) is 18.2 Å². The van der Waals surface area contributed by atoms with Gasteiger partial charge in [-0.1, -0.05) is 23.7 Å². The highest BCUT2D eigenvalue weighted by Gasteiger charge is 2.38. The minimum absolute atomic E-state index is 0.00780. The molecule has 1 fully saturated rings. The van der Waals surface area contributed by atoms with Gasteiger partial charge in [0.15, 0.2) is 0 Å². The van der Waals surface area contributed by atoms with Crippen LogP contribution in [-0.4, -0.2) is 52.3 Å². The van der Waals surface area contributed by atoms with Crippen LogP contribution in [0, 0.1) is 18.6 Å². The number of aliphatic carboxylic acids is 1. The molecule has 0 spiro atoms. The number of carbonyl (C=O) groups excluding carboxylic acids is 1. The normalized spacial score (nSPS) is 18.1. The first-order valence-electron chi connectivity index (χ1n) is 15.4. The largest absolute Gasteiger partial charge is 0.481 e. The summed E-state index contributed by atoms with van der Waals surface area (Å²) in [5, 5.41) is 11.8. The number of rotatable bonds is 6. The van der Waals surface area contributed by atoms with Crippen LogP contribution in [0.3, 0.4) is 0 Å². The van der Waals surface area contributed by atoms with Gasteiger partial charge in [-0.2, -0.15) is 13.2 Å². The quantitative estimate of drug-likeness (QED) is 0.208. The summed E-state index contributed by atoms with van der Waals surface area (Å²) in [6.07, 6.45) is -6.53. The second-order valence-corrected chi connectivity index (χ2v) is 12.6. The molecule has 15 heteroatoms. The number of pyridine rings is 1. The average molecular weight is 720 g/mol. The molecule has 2 aliphatic heterocycles. The Morgan fingerprint density at radius 3 is 2.48 bits per heavy atom. The van der Waals surface area contributed by atoms with Crippen molar-refractivity contribution < 1.29 is 45.8 Å². The summed E-state index contributed by atoms with van der Waals surface area (Å²) in [7, 11) is 0. The van der Waals surface area contributed by atoms with Crippen molar-refractivity contribution >= 4 is 23.5 Å². The van der Waals surface area contributed by atoms with Crippen LogP contribution in [0.15, 0.2) is 65.6 Å². The van der Waals surface area contributed by atoms with Gasteiger partial charge in [0.05, 0.1) is 23.0 Å². The summed E-state index contributed by atoms with van der Waals surface area (Å²) in [4.78, 5) is 41.3. The lowest BCUT2D eigenvalue weighted by atomic mass is 9.94. The van der Waals surface area contributed by atoms with Gasteiger partial charge in [-0.05, 0) is 66.4 Å². The van der Waals surface area contributed by atoms with E-state index in [0.29, 0.717) is 21.3 Å². The van der Waals surface area contributed by atoms with Gasteiger partial charge in [0, 0.05) is 48.6 Å². The van der Waals surface area contributed by atoms with Gasteiger partial charge in [0.1, 0.15) is 35.3 Å². The highest BCUT2D eigenvalue weighted by atomic mass is 35.5. The van der Waals surface area contributed by atoms with Crippen LogP contribution >= 0.6 is 11.6 Å². The van der Waals surface area contributed by atoms with E-state index in [9.17, 15) is 37.1 Å². The van der Waals surface area contributed by atoms with Crippen LogP contribution < -0.4 is 15.6 Å². The molecule has 1 aromatic heterocycles. The number of ether oxygens (including phenoxy) is 1. The van der Waals surface area contributed by atoms with Crippen molar-refractivity contribution in [3.63, 3.8) is 0 Å². The maximum absolute atomic E-state index is 15.8. The Bertz CT molecular complexity index is 2060. The number of hydrogen-bond donors (Lipinski definition) is 2. The highest BCUT2D eigenvalue weighted by molar-refractivity contribution is 6.31. The molecule has 0 unspecified atom stereocenters. The molecule has 4 aromatic rings. The van der Waals surface area contributed by atoms with Crippen molar-refractivity contribution in [2.75, 3.05) is 19.6 Å². The first-order valence-corrected chi connectivity index (χ1v) is 15.8. The Balaban J connectivity index is 1.58. The van der Waals surface area contributed by atoms with E-state index >= 15 is 8.78 Å². The number of aromatic nitrogens is 1. The zero-order chi connectivity index (χ0) is 36.1. The number of aryl methyl sites for hydroxylation is 1. The first-order chi connectivity index (χ1) is 23.6. The summed E-state index contributed by atoms with van der Waals surface area (Å²) in [5.41, 5.74) is -2.57. The van der Waals surface area contributed by atoms with Gasteiger partial charge in [-0.15, -0.1) is 0 Å². The van der Waals surface area contributed by atoms with Crippen molar-refractivity contribution in [3.05, 3.63) is 116 Å². The van der Waals surface area contributed by atoms with Gasteiger partial charge < -0.3 is 15.2 Å². The molecule has 2 aliphatic rings. The number of hydrogen-bond acceptors (Lipinski definition) is 5. The topological polar surface area (TPSA) is 101 Å². The molecule has 3 aromatic carbocycles. The van der Waals surface area contributed by atoms with E-state index in [-0.39, 0.29) is 49.2 Å². The molecule has 2 atom stereocenters. The fourth-order valence-corrected chi connectivity index (χ4v) is 6.56. The molecule has 1 saturated heterocycles. The zero-order valence-electron chi connectivity index (χ0n) is 26.2. The molecule has 4 bridgehead atoms. The minimum Gasteiger partial charge on any atom is -0.481 e. The lowest BCUT2D eigenvalue weighted by Gasteiger charge is -2.34. The third-order valence-corrected chi connectivity index (χ3v) is 9.02. The van der Waals surface area contributed by atoms with Crippen molar-refractivity contribution in [3.8, 4) is 22.6 Å². The van der Waals surface area contributed by atoms with Crippen LogP contribution in [-0.2, 0) is 22.2 Å². The summed E-state index contributed by atoms with van der Waals surface area (Å²) < 4.78 is 94.1. The van der Waals surface area contributed by atoms with E-state index in [2.05, 4.69) is 5.32 Å². The van der Waals surface area contributed by atoms with E-state index in [1.807, 2.05) is 0 Å². The van der Waals surface area contributed by atoms with E-state index in [0.717, 1.165) is 18.3 Å². The SMILES string of the molecule is Cc1cccc2c1-c1cc(Cl)c(F)c(c1)[C@H](CC(=O)O)NC(=O)[C@H](n1cc(CCN3CC(F)C3)c(C(F)(F)F)cc1=O)c1cc(ccc1F)O2. The molecule has 8 nitrogen and oxygen atoms in total. The zero-order valence-corrected chi connectivity index (χ0v) is 26.9. The number of carboxylic acids is 1. The first kappa shape index (κ1) is 35.0. The summed E-state index contributed by atoms with van der Waals surface area (Å²) in [6, 6.07) is 7.41. The Morgan fingerprint density at radius 1 is 1.06 bits per heavy atom. The monoisotopic (exact) mass is 719 g/mol. The van der Waals surface area contributed by atoms with E-state index < -0.39 is 81.6 Å². The maximum atomic E-state index is 15.8. The third kappa shape index (κ3) is 6.94. The van der Waals surface area contributed by atoms with Gasteiger partial charge >= 0.3 is 12.1 Å². The standard InChI is InChI=1S/C35H28ClF6N3O5/c1-17-3-2-4-28-31(17)19-9-23(32(39)25(36)10-19)27(13-30(47)48)43-34(49)33(22-11-21(50-28)5-6-26(22)38)45-14-18(7-8-44-15-20(37)16-44)24(12-29(45)46)35(40,41)42/h2-6,9-12,14,20,27,33H,7-8,13,15-16H2,1H3,(H,43,49)(H,47,48)/t27-,33+/m0/s1. The number of nitrogens with zero attached hydrogens (tertiary/aromatic N) is 2. The Hall–Kier alpha value is -4.82. The molecule has 0 radical (unpaired) electrons. The summed E-state index contributed by atoms with van der Waals surface area (Å²) >= 11 is 6.29. The van der Waals surface area contributed by atoms with Gasteiger partial charge in [-0.25, -0.2) is 13.2 Å². The van der Waals surface area contributed by atoms with Gasteiger partial charge in [-0.3, -0.25) is 23.9 Å². The number of fused-ring (bicyclic) bond motifs is 6. The second-order valence-electron chi connectivity index (χ2n) is 12.2. The fraction of sp³-hybridized carbons (Fsp3) is 0.286. The molecule has 1 amide bonds. The van der Waals surface area contributed by atoms with Crippen molar-refractivity contribution in [1.29, 1.82) is 0 Å². The molecule has 3 heterocycles. The highest BCUT2D eigenvalue weighted by Crippen LogP contribution is 2.41.